The Morgan fingerprint density at radius 1 is 1.28 bits per heavy atom. The first-order chi connectivity index (χ1) is 8.50. The summed E-state index contributed by atoms with van der Waals surface area (Å²) in [6.07, 6.45) is 3.37. The van der Waals surface area contributed by atoms with Gasteiger partial charge in [0.25, 0.3) is 5.91 Å². The lowest BCUT2D eigenvalue weighted by Crippen LogP contribution is -2.47. The van der Waals surface area contributed by atoms with Crippen LogP contribution in [0.2, 0.25) is 5.02 Å². The molecule has 1 fully saturated rings. The quantitative estimate of drug-likeness (QED) is 0.750. The van der Waals surface area contributed by atoms with Crippen molar-refractivity contribution in [3.8, 4) is 0 Å². The smallest absolute Gasteiger partial charge is 0.255 e. The van der Waals surface area contributed by atoms with Gasteiger partial charge in [0.1, 0.15) is 0 Å². The van der Waals surface area contributed by atoms with Crippen LogP contribution in [0.1, 0.15) is 49.0 Å². The molecule has 0 saturated carbocycles. The van der Waals surface area contributed by atoms with Crippen molar-refractivity contribution >= 4 is 17.5 Å². The van der Waals surface area contributed by atoms with Crippen LogP contribution < -0.4 is 0 Å². The lowest BCUT2D eigenvalue weighted by Gasteiger charge is -2.39. The summed E-state index contributed by atoms with van der Waals surface area (Å²) in [5.41, 5.74) is 1.71. The molecule has 0 aliphatic carbocycles. The van der Waals surface area contributed by atoms with E-state index in [1.54, 1.807) is 0 Å². The van der Waals surface area contributed by atoms with E-state index in [-0.39, 0.29) is 5.91 Å². The van der Waals surface area contributed by atoms with E-state index in [4.69, 9.17) is 11.6 Å². The Kier molecular flexibility index (Phi) is 3.96. The largest absolute Gasteiger partial charge is 0.333 e. The van der Waals surface area contributed by atoms with Gasteiger partial charge < -0.3 is 4.90 Å². The average Bonchev–Trinajstić information content (AvgIpc) is 2.28. The normalized spacial score (nSPS) is 24.1. The molecule has 1 aromatic rings. The number of halogens is 1. The molecular formula is C15H20ClNO. The van der Waals surface area contributed by atoms with Gasteiger partial charge in [-0.3, -0.25) is 4.79 Å². The van der Waals surface area contributed by atoms with Crippen LogP contribution in [0.5, 0.6) is 0 Å². The van der Waals surface area contributed by atoms with Crippen LogP contribution in [0.4, 0.5) is 0 Å². The van der Waals surface area contributed by atoms with E-state index in [9.17, 15) is 4.79 Å². The molecular weight excluding hydrogens is 246 g/mol. The minimum atomic E-state index is 0.0692. The number of rotatable bonds is 1. The monoisotopic (exact) mass is 265 g/mol. The first kappa shape index (κ1) is 13.4. The van der Waals surface area contributed by atoms with Crippen molar-refractivity contribution in [3.05, 3.63) is 34.3 Å². The highest BCUT2D eigenvalue weighted by atomic mass is 35.5. The molecule has 0 spiro atoms. The van der Waals surface area contributed by atoms with Crippen LogP contribution in [0.3, 0.4) is 0 Å². The molecule has 98 valence electrons. The van der Waals surface area contributed by atoms with Crippen molar-refractivity contribution in [3.63, 3.8) is 0 Å². The Balaban J connectivity index is 2.29. The van der Waals surface area contributed by atoms with Gasteiger partial charge >= 0.3 is 0 Å². The number of carbonyl (C=O) groups is 1. The van der Waals surface area contributed by atoms with Gasteiger partial charge in [0.15, 0.2) is 0 Å². The minimum absolute atomic E-state index is 0.0692. The van der Waals surface area contributed by atoms with Crippen molar-refractivity contribution in [2.24, 2.45) is 0 Å². The van der Waals surface area contributed by atoms with Crippen LogP contribution in [0.15, 0.2) is 18.2 Å². The molecule has 2 rings (SSSR count). The van der Waals surface area contributed by atoms with Crippen LogP contribution >= 0.6 is 11.6 Å². The summed E-state index contributed by atoms with van der Waals surface area (Å²) in [4.78, 5) is 14.6. The van der Waals surface area contributed by atoms with Crippen LogP contribution in [0.25, 0.3) is 0 Å². The lowest BCUT2D eigenvalue weighted by molar-refractivity contribution is 0.0511. The molecule has 0 aromatic heterocycles. The molecule has 3 heteroatoms. The number of hydrogen-bond donors (Lipinski definition) is 0. The predicted octanol–water partition coefficient (Wildman–Crippen LogP) is 4.05. The molecule has 2 nitrogen and oxygen atoms in total. The summed E-state index contributed by atoms with van der Waals surface area (Å²) in [5.74, 6) is 0.0692. The number of piperidine rings is 1. The number of likely N-dealkylation sites (tertiary alicyclic amines) is 1. The fourth-order valence-electron chi connectivity index (χ4n) is 2.75. The summed E-state index contributed by atoms with van der Waals surface area (Å²) >= 11 is 6.19. The van der Waals surface area contributed by atoms with E-state index >= 15 is 0 Å². The first-order valence-corrected chi connectivity index (χ1v) is 6.97. The summed E-state index contributed by atoms with van der Waals surface area (Å²) < 4.78 is 0. The zero-order valence-electron chi connectivity index (χ0n) is 11.2. The fourth-order valence-corrected chi connectivity index (χ4v) is 3.07. The Bertz CT molecular complexity index is 448. The van der Waals surface area contributed by atoms with Crippen molar-refractivity contribution < 1.29 is 4.79 Å². The molecule has 0 bridgehead atoms. The molecule has 1 amide bonds. The summed E-state index contributed by atoms with van der Waals surface area (Å²) in [7, 11) is 0. The van der Waals surface area contributed by atoms with Gasteiger partial charge in [-0.05, 0) is 57.7 Å². The molecule has 2 unspecified atom stereocenters. The maximum Gasteiger partial charge on any atom is 0.255 e. The number of benzene rings is 1. The van der Waals surface area contributed by atoms with Crippen LogP contribution in [0, 0.1) is 6.92 Å². The van der Waals surface area contributed by atoms with Gasteiger partial charge in [-0.2, -0.15) is 0 Å². The average molecular weight is 266 g/mol. The highest BCUT2D eigenvalue weighted by Crippen LogP contribution is 2.27. The molecule has 2 atom stereocenters. The van der Waals surface area contributed by atoms with E-state index in [2.05, 4.69) is 13.8 Å². The number of hydrogen-bond acceptors (Lipinski definition) is 1. The van der Waals surface area contributed by atoms with Crippen molar-refractivity contribution in [2.75, 3.05) is 0 Å². The van der Waals surface area contributed by atoms with E-state index in [1.165, 1.54) is 6.42 Å². The Labute approximate surface area is 114 Å². The first-order valence-electron chi connectivity index (χ1n) is 6.59. The summed E-state index contributed by atoms with van der Waals surface area (Å²) in [5, 5.41) is 0.560. The highest BCUT2D eigenvalue weighted by molar-refractivity contribution is 6.33. The molecule has 1 aliphatic heterocycles. The van der Waals surface area contributed by atoms with Crippen LogP contribution in [-0.2, 0) is 0 Å². The maximum atomic E-state index is 12.6. The standard InChI is InChI=1S/C15H20ClNO/c1-10-7-8-13(14(16)9-10)15(18)17-11(2)5-4-6-12(17)3/h7-9,11-12H,4-6H2,1-3H3. The van der Waals surface area contributed by atoms with E-state index in [1.807, 2.05) is 30.0 Å². The number of nitrogens with zero attached hydrogens (tertiary/aromatic N) is 1. The van der Waals surface area contributed by atoms with Crippen LogP contribution in [-0.4, -0.2) is 22.9 Å². The third-order valence-corrected chi connectivity index (χ3v) is 4.10. The van der Waals surface area contributed by atoms with Crippen molar-refractivity contribution in [1.29, 1.82) is 0 Å². The second-order valence-corrected chi connectivity index (χ2v) is 5.73. The minimum Gasteiger partial charge on any atom is -0.333 e. The Morgan fingerprint density at radius 3 is 2.44 bits per heavy atom. The van der Waals surface area contributed by atoms with Crippen molar-refractivity contribution in [2.45, 2.75) is 52.1 Å². The predicted molar refractivity (Wildman–Crippen MR) is 75.1 cm³/mol. The van der Waals surface area contributed by atoms with Crippen molar-refractivity contribution in [1.82, 2.24) is 4.90 Å². The molecule has 0 N–H and O–H groups in total. The summed E-state index contributed by atoms with van der Waals surface area (Å²) in [6, 6.07) is 6.25. The number of amides is 1. The molecule has 1 saturated heterocycles. The van der Waals surface area contributed by atoms with Gasteiger partial charge in [-0.15, -0.1) is 0 Å². The van der Waals surface area contributed by atoms with Gasteiger partial charge in [-0.1, -0.05) is 17.7 Å². The SMILES string of the molecule is Cc1ccc(C(=O)N2C(C)CCCC2C)c(Cl)c1. The molecule has 1 aliphatic rings. The van der Waals surface area contributed by atoms with Gasteiger partial charge in [-0.25, -0.2) is 0 Å². The second kappa shape index (κ2) is 5.31. The fraction of sp³-hybridized carbons (Fsp3) is 0.533. The zero-order valence-corrected chi connectivity index (χ0v) is 12.0. The van der Waals surface area contributed by atoms with Gasteiger partial charge in [0.2, 0.25) is 0 Å². The van der Waals surface area contributed by atoms with E-state index in [0.717, 1.165) is 18.4 Å². The zero-order chi connectivity index (χ0) is 13.3. The van der Waals surface area contributed by atoms with E-state index in [0.29, 0.717) is 22.7 Å². The van der Waals surface area contributed by atoms with Gasteiger partial charge in [0, 0.05) is 12.1 Å². The number of carbonyl (C=O) groups excluding carboxylic acids is 1. The molecule has 18 heavy (non-hydrogen) atoms. The topological polar surface area (TPSA) is 20.3 Å². The number of aryl methyl sites for hydroxylation is 1. The maximum absolute atomic E-state index is 12.6. The Hall–Kier alpha value is -1.02. The van der Waals surface area contributed by atoms with Gasteiger partial charge in [0.05, 0.1) is 10.6 Å². The Morgan fingerprint density at radius 2 is 1.89 bits per heavy atom. The highest BCUT2D eigenvalue weighted by Gasteiger charge is 2.30. The van der Waals surface area contributed by atoms with E-state index < -0.39 is 0 Å². The molecule has 0 radical (unpaired) electrons. The third-order valence-electron chi connectivity index (χ3n) is 3.78. The third kappa shape index (κ3) is 2.54. The second-order valence-electron chi connectivity index (χ2n) is 5.32. The summed E-state index contributed by atoms with van der Waals surface area (Å²) in [6.45, 7) is 6.22. The molecule has 1 aromatic carbocycles. The molecule has 1 heterocycles. The lowest BCUT2D eigenvalue weighted by atomic mass is 9.96.